The topological polar surface area (TPSA) is 141 Å². The van der Waals surface area contributed by atoms with Crippen molar-refractivity contribution in [3.05, 3.63) is 101 Å². The second-order valence-electron chi connectivity index (χ2n) is 16.0. The van der Waals surface area contributed by atoms with Crippen LogP contribution in [0.25, 0.3) is 0 Å². The Morgan fingerprint density at radius 2 is 1.66 bits per heavy atom. The lowest BCUT2D eigenvalue weighted by molar-refractivity contribution is -0.136. The van der Waals surface area contributed by atoms with Gasteiger partial charge in [-0.2, -0.15) is 0 Å². The second-order valence-corrected chi connectivity index (χ2v) is 16.0. The van der Waals surface area contributed by atoms with Gasteiger partial charge in [0.2, 0.25) is 17.8 Å². The number of phenols is 1. The Bertz CT molecular complexity index is 2180. The molecule has 0 spiro atoms. The Morgan fingerprint density at radius 3 is 2.46 bits per heavy atom. The third-order valence-electron chi connectivity index (χ3n) is 12.8. The van der Waals surface area contributed by atoms with Gasteiger partial charge in [-0.15, -0.1) is 0 Å². The molecule has 4 aromatic rings. The number of piperazine rings is 1. The molecule has 0 saturated carbocycles. The zero-order chi connectivity index (χ0) is 37.9. The highest BCUT2D eigenvalue weighted by atomic mass is 16.5. The zero-order valence-electron chi connectivity index (χ0n) is 31.2. The van der Waals surface area contributed by atoms with Gasteiger partial charge in [-0.1, -0.05) is 36.4 Å². The molecule has 1 unspecified atom stereocenters. The van der Waals surface area contributed by atoms with Crippen LogP contribution in [0.2, 0.25) is 0 Å². The normalized spacial score (nSPS) is 25.1. The summed E-state index contributed by atoms with van der Waals surface area (Å²) in [4.78, 5) is 56.4. The summed E-state index contributed by atoms with van der Waals surface area (Å²) in [6.45, 7) is 7.00. The summed E-state index contributed by atoms with van der Waals surface area (Å²) in [7, 11) is 0. The highest BCUT2D eigenvalue weighted by molar-refractivity contribution is 6.06. The third-order valence-corrected chi connectivity index (χ3v) is 12.8. The van der Waals surface area contributed by atoms with Gasteiger partial charge < -0.3 is 29.3 Å². The number of phenolic OH excluding ortho intramolecular Hbond substituents is 1. The number of nitrogens with zero attached hydrogens (tertiary/aromatic N) is 6. The van der Waals surface area contributed by atoms with Crippen molar-refractivity contribution in [1.29, 1.82) is 0 Å². The summed E-state index contributed by atoms with van der Waals surface area (Å²) >= 11 is 0. The van der Waals surface area contributed by atoms with E-state index in [1.807, 2.05) is 36.7 Å². The van der Waals surface area contributed by atoms with Gasteiger partial charge in [0, 0.05) is 92.7 Å². The molecule has 3 aromatic carbocycles. The summed E-state index contributed by atoms with van der Waals surface area (Å²) in [5.74, 6) is 2.24. The van der Waals surface area contributed by atoms with E-state index in [1.165, 1.54) is 5.56 Å². The number of hydrogen-bond donors (Lipinski definition) is 2. The number of imide groups is 1. The molecule has 56 heavy (non-hydrogen) atoms. The lowest BCUT2D eigenvalue weighted by Gasteiger charge is -2.47. The lowest BCUT2D eigenvalue weighted by Crippen LogP contribution is -2.58. The van der Waals surface area contributed by atoms with E-state index in [0.29, 0.717) is 43.4 Å². The number of aromatic nitrogens is 2. The number of hydrogen-bond acceptors (Lipinski definition) is 11. The predicted molar refractivity (Wildman–Crippen MR) is 207 cm³/mol. The smallest absolute Gasteiger partial charge is 0.255 e. The standard InChI is InChI=1S/C43H45N7O6/c51-30-6-7-32-37(18-30)55-25-34(27-4-2-1-3-5-27)39(32)28-19-44-43(45-20-28)48-14-12-26(13-15-48)21-47-16-17-49-29(22-47)24-56-40-33-23-50(36-10-11-38(52)46-41(36)53)42(54)31(33)8-9-35(40)49/h1-9,18-20,26,29,34,36,39,51H,10-17,21-25H2,(H,46,52,53)/t29-,34-,36?,39-/m1/s1. The lowest BCUT2D eigenvalue weighted by atomic mass is 9.76. The maximum Gasteiger partial charge on any atom is 0.255 e. The number of ether oxygens (including phenoxy) is 2. The van der Waals surface area contributed by atoms with E-state index in [4.69, 9.17) is 19.4 Å². The molecule has 288 valence electrons. The first kappa shape index (κ1) is 34.8. The number of piperidine rings is 2. The van der Waals surface area contributed by atoms with E-state index in [9.17, 15) is 19.5 Å². The molecule has 13 nitrogen and oxygen atoms in total. The highest BCUT2D eigenvalue weighted by Gasteiger charge is 2.43. The van der Waals surface area contributed by atoms with Gasteiger partial charge in [0.1, 0.15) is 29.9 Å². The van der Waals surface area contributed by atoms with Gasteiger partial charge in [-0.25, -0.2) is 9.97 Å². The average molecular weight is 756 g/mol. The molecule has 1 aromatic heterocycles. The Kier molecular flexibility index (Phi) is 8.76. The van der Waals surface area contributed by atoms with Crippen molar-refractivity contribution in [2.45, 2.75) is 56.1 Å². The number of aromatic hydroxyl groups is 1. The second kappa shape index (κ2) is 14.1. The molecule has 13 heteroatoms. The minimum atomic E-state index is -0.644. The van der Waals surface area contributed by atoms with E-state index in [-0.39, 0.29) is 41.9 Å². The van der Waals surface area contributed by atoms with Gasteiger partial charge in [-0.05, 0) is 54.5 Å². The van der Waals surface area contributed by atoms with Crippen molar-refractivity contribution < 1.29 is 29.0 Å². The first-order valence-electron chi connectivity index (χ1n) is 19.9. The van der Waals surface area contributed by atoms with E-state index >= 15 is 0 Å². The van der Waals surface area contributed by atoms with Gasteiger partial charge in [0.25, 0.3) is 5.91 Å². The molecule has 7 heterocycles. The van der Waals surface area contributed by atoms with E-state index in [1.54, 1.807) is 17.0 Å². The number of amides is 3. The Labute approximate surface area is 325 Å². The summed E-state index contributed by atoms with van der Waals surface area (Å²) in [5, 5.41) is 12.5. The minimum Gasteiger partial charge on any atom is -0.508 e. The van der Waals surface area contributed by atoms with Gasteiger partial charge >= 0.3 is 0 Å². The molecular formula is C43H45N7O6. The Hall–Kier alpha value is -5.69. The summed E-state index contributed by atoms with van der Waals surface area (Å²) in [6, 6.07) is 19.3. The Balaban J connectivity index is 0.758. The van der Waals surface area contributed by atoms with Crippen LogP contribution in [0.3, 0.4) is 0 Å². The fourth-order valence-electron chi connectivity index (χ4n) is 9.85. The van der Waals surface area contributed by atoms with Crippen LogP contribution in [0.5, 0.6) is 17.2 Å². The van der Waals surface area contributed by atoms with E-state index in [0.717, 1.165) is 86.2 Å². The fraction of sp³-hybridized carbons (Fsp3) is 0.419. The SMILES string of the molecule is O=C1CCC(N2Cc3c(ccc4c3OC[C@H]3CN(CC5CCN(c6ncc([C@@H]7c8ccc(O)cc8OC[C@@H]7c7ccccc7)cn6)CC5)CCN43)C2=O)C(=O)N1. The van der Waals surface area contributed by atoms with Crippen LogP contribution < -0.4 is 24.6 Å². The molecule has 0 bridgehead atoms. The van der Waals surface area contributed by atoms with Crippen molar-refractivity contribution in [2.75, 3.05) is 62.3 Å². The largest absolute Gasteiger partial charge is 0.508 e. The monoisotopic (exact) mass is 755 g/mol. The van der Waals surface area contributed by atoms with Crippen LogP contribution in [-0.2, 0) is 16.1 Å². The molecule has 6 aliphatic rings. The highest BCUT2D eigenvalue weighted by Crippen LogP contribution is 2.47. The molecular weight excluding hydrogens is 711 g/mol. The van der Waals surface area contributed by atoms with Crippen LogP contribution in [0.15, 0.2) is 73.1 Å². The fourth-order valence-corrected chi connectivity index (χ4v) is 9.85. The van der Waals surface area contributed by atoms with Crippen LogP contribution in [0.1, 0.15) is 70.1 Å². The molecule has 4 atom stereocenters. The van der Waals surface area contributed by atoms with E-state index < -0.39 is 11.9 Å². The van der Waals surface area contributed by atoms with Gasteiger partial charge in [-0.3, -0.25) is 24.6 Å². The minimum absolute atomic E-state index is 0.00501. The van der Waals surface area contributed by atoms with Gasteiger partial charge in [0.15, 0.2) is 0 Å². The average Bonchev–Trinajstić information content (AvgIpc) is 3.56. The summed E-state index contributed by atoms with van der Waals surface area (Å²) in [6.07, 6.45) is 6.67. The Morgan fingerprint density at radius 1 is 0.839 bits per heavy atom. The van der Waals surface area contributed by atoms with Crippen molar-refractivity contribution in [1.82, 2.24) is 25.1 Å². The molecule has 6 aliphatic heterocycles. The molecule has 10 rings (SSSR count). The van der Waals surface area contributed by atoms with Crippen molar-refractivity contribution >= 4 is 29.4 Å². The van der Waals surface area contributed by atoms with Crippen LogP contribution >= 0.6 is 0 Å². The first-order chi connectivity index (χ1) is 27.4. The van der Waals surface area contributed by atoms with Gasteiger partial charge in [0.05, 0.1) is 24.9 Å². The number of rotatable bonds is 6. The quantitative estimate of drug-likeness (QED) is 0.276. The number of fused-ring (bicyclic) bond motifs is 6. The maximum absolute atomic E-state index is 13.4. The third kappa shape index (κ3) is 6.18. The van der Waals surface area contributed by atoms with Crippen molar-refractivity contribution in [3.8, 4) is 17.2 Å². The molecule has 0 radical (unpaired) electrons. The number of anilines is 2. The first-order valence-corrected chi connectivity index (χ1v) is 19.9. The molecule has 2 N–H and O–H groups in total. The maximum atomic E-state index is 13.4. The molecule has 0 aliphatic carbocycles. The number of nitrogens with one attached hydrogen (secondary N) is 1. The van der Waals surface area contributed by atoms with Crippen LogP contribution in [-0.4, -0.2) is 107 Å². The summed E-state index contributed by atoms with van der Waals surface area (Å²) in [5.41, 5.74) is 5.71. The van der Waals surface area contributed by atoms with Crippen molar-refractivity contribution in [3.63, 3.8) is 0 Å². The predicted octanol–water partition coefficient (Wildman–Crippen LogP) is 4.05. The molecule has 3 amide bonds. The molecule has 3 saturated heterocycles. The van der Waals surface area contributed by atoms with E-state index in [2.05, 4.69) is 44.3 Å². The summed E-state index contributed by atoms with van der Waals surface area (Å²) < 4.78 is 12.6. The number of benzene rings is 3. The van der Waals surface area contributed by atoms with Crippen molar-refractivity contribution in [2.24, 2.45) is 5.92 Å². The number of carbonyl (C=O) groups excluding carboxylic acids is 3. The van der Waals surface area contributed by atoms with Crippen LogP contribution in [0, 0.1) is 5.92 Å². The zero-order valence-corrected chi connectivity index (χ0v) is 31.2. The molecule has 3 fully saturated rings. The number of carbonyl (C=O) groups is 3. The van der Waals surface area contributed by atoms with Crippen LogP contribution in [0.4, 0.5) is 11.6 Å².